The van der Waals surface area contributed by atoms with Crippen molar-refractivity contribution in [1.82, 2.24) is 16.0 Å². The zero-order chi connectivity index (χ0) is 21.0. The molecule has 0 heterocycles. The maximum absolute atomic E-state index is 11.6. The van der Waals surface area contributed by atoms with Crippen molar-refractivity contribution in [1.29, 1.82) is 0 Å². The van der Waals surface area contributed by atoms with Gasteiger partial charge in [0.1, 0.15) is 0 Å². The van der Waals surface area contributed by atoms with E-state index in [1.54, 1.807) is 16.0 Å². The predicted molar refractivity (Wildman–Crippen MR) is 81.6 cm³/mol. The molecule has 0 radical (unpaired) electrons. The molecule has 3 amide bonds. The van der Waals surface area contributed by atoms with Gasteiger partial charge in [-0.3, -0.25) is 73.3 Å². The molecule has 19 heteroatoms. The molecule has 0 aliphatic heterocycles. The first kappa shape index (κ1) is 23.4. The monoisotopic (exact) mass is 385 g/mol. The van der Waals surface area contributed by atoms with E-state index in [4.69, 9.17) is 57.3 Å². The van der Waals surface area contributed by atoms with Crippen LogP contribution >= 0.6 is 0 Å². The molecule has 26 heavy (non-hydrogen) atoms. The van der Waals surface area contributed by atoms with Gasteiger partial charge in [0.2, 0.25) is 0 Å². The van der Waals surface area contributed by atoms with Crippen LogP contribution in [-0.4, -0.2) is 42.1 Å². The highest BCUT2D eigenvalue weighted by Gasteiger charge is 2.38. The van der Waals surface area contributed by atoms with Crippen LogP contribution in [0.1, 0.15) is 0 Å². The molecular weight excluding hydrogens is 362 g/mol. The molecule has 0 aromatic heterocycles. The molecule has 0 atom stereocenters. The topological polar surface area (TPSA) is 375 Å². The molecule has 0 aromatic carbocycles. The molecule has 0 fully saturated rings. The van der Waals surface area contributed by atoms with Gasteiger partial charge in [-0.15, -0.1) is 0 Å². The molecule has 0 spiro atoms. The summed E-state index contributed by atoms with van der Waals surface area (Å²) in [6.45, 7) is 0. The number of hydrogen-bond donors (Lipinski definition) is 13. The van der Waals surface area contributed by atoms with Crippen molar-refractivity contribution in [3.8, 4) is 0 Å². The average Bonchev–Trinajstić information content (AvgIpc) is 2.16. The summed E-state index contributed by atoms with van der Waals surface area (Å²) in [6, 6.07) is 0. The Morgan fingerprint density at radius 2 is 0.846 bits per heavy atom. The summed E-state index contributed by atoms with van der Waals surface area (Å²) in [7, 11) is 0. The van der Waals surface area contributed by atoms with Crippen molar-refractivity contribution >= 4 is 18.3 Å². The van der Waals surface area contributed by atoms with Crippen LogP contribution in [0.4, 0.5) is 14.4 Å². The maximum atomic E-state index is 11.6. The number of carbonyl (C=O) groups is 3. The lowest BCUT2D eigenvalue weighted by Gasteiger charge is -2.32. The largest absolute Gasteiger partial charge is 0.416 e. The van der Waals surface area contributed by atoms with E-state index in [9.17, 15) is 14.4 Å². The van der Waals surface area contributed by atoms with Gasteiger partial charge in [-0.1, -0.05) is 0 Å². The minimum Gasteiger partial charge on any atom is -0.400 e. The van der Waals surface area contributed by atoms with E-state index in [2.05, 4.69) is 14.2 Å². The van der Waals surface area contributed by atoms with E-state index in [1.807, 2.05) is 0 Å². The standard InChI is InChI=1S/C7H23N13O6/c8-4(9,10)18-1(21)26-7(17,19-2(22)24-5(11,12)13)20-3(23)25-6(14,15)16/h8-17H2,(H,18,21)(H,19,22)(H,20,23). The van der Waals surface area contributed by atoms with Crippen molar-refractivity contribution in [2.45, 2.75) is 23.8 Å². The van der Waals surface area contributed by atoms with Gasteiger partial charge in [0.05, 0.1) is 0 Å². The molecule has 0 saturated carbocycles. The van der Waals surface area contributed by atoms with Gasteiger partial charge in [0, 0.05) is 0 Å². The normalized spacial score (nSPS) is 12.7. The lowest BCUT2D eigenvalue weighted by atomic mass is 10.6. The fourth-order valence-corrected chi connectivity index (χ4v) is 1.11. The molecule has 0 saturated heterocycles. The highest BCUT2D eigenvalue weighted by molar-refractivity contribution is 5.74. The zero-order valence-corrected chi connectivity index (χ0v) is 13.2. The smallest absolute Gasteiger partial charge is 0.400 e. The van der Waals surface area contributed by atoms with Crippen LogP contribution in [0, 0.1) is 0 Å². The molecule has 0 bridgehead atoms. The van der Waals surface area contributed by atoms with Gasteiger partial charge in [0.25, 0.3) is 11.9 Å². The second-order valence-corrected chi connectivity index (χ2v) is 4.92. The van der Waals surface area contributed by atoms with Crippen LogP contribution in [-0.2, 0) is 14.2 Å². The molecular formula is C7H23N13O6. The molecule has 19 nitrogen and oxygen atoms in total. The third kappa shape index (κ3) is 11.9. The number of carbonyl (C=O) groups excluding carboxylic acids is 3. The lowest BCUT2D eigenvalue weighted by Crippen LogP contribution is -2.75. The Balaban J connectivity index is 5.27. The van der Waals surface area contributed by atoms with E-state index in [1.165, 1.54) is 0 Å². The summed E-state index contributed by atoms with van der Waals surface area (Å²) in [4.78, 5) is 34.8. The molecule has 152 valence electrons. The minimum atomic E-state index is -2.89. The van der Waals surface area contributed by atoms with Crippen molar-refractivity contribution in [2.24, 2.45) is 57.3 Å². The third-order valence-electron chi connectivity index (χ3n) is 1.69. The van der Waals surface area contributed by atoms with E-state index >= 15 is 0 Å². The second-order valence-electron chi connectivity index (χ2n) is 4.92. The van der Waals surface area contributed by atoms with Crippen molar-refractivity contribution in [2.75, 3.05) is 0 Å². The Labute approximate surface area is 145 Å². The number of hydrogen-bond acceptors (Lipinski definition) is 16. The zero-order valence-electron chi connectivity index (χ0n) is 13.2. The van der Waals surface area contributed by atoms with Gasteiger partial charge in [0.15, 0.2) is 5.91 Å². The summed E-state index contributed by atoms with van der Waals surface area (Å²) < 4.78 is 13.0. The Morgan fingerprint density at radius 3 is 1.12 bits per heavy atom. The van der Waals surface area contributed by atoms with Gasteiger partial charge in [-0.05, 0) is 0 Å². The number of ether oxygens (including phenoxy) is 3. The molecule has 23 N–H and O–H groups in total. The summed E-state index contributed by atoms with van der Waals surface area (Å²) >= 11 is 0. The first-order valence-corrected chi connectivity index (χ1v) is 6.22. The minimum absolute atomic E-state index is 1.53. The van der Waals surface area contributed by atoms with Crippen LogP contribution in [0.15, 0.2) is 0 Å². The van der Waals surface area contributed by atoms with Crippen LogP contribution in [0.2, 0.25) is 0 Å². The number of alkyl carbamates (subject to hydrolysis) is 3. The number of nitrogens with one attached hydrogen (secondary N) is 3. The fourth-order valence-electron chi connectivity index (χ4n) is 1.11. The second kappa shape index (κ2) is 7.75. The van der Waals surface area contributed by atoms with Crippen molar-refractivity contribution in [3.05, 3.63) is 0 Å². The molecule has 0 unspecified atom stereocenters. The molecule has 0 aromatic rings. The van der Waals surface area contributed by atoms with E-state index < -0.39 is 42.1 Å². The lowest BCUT2D eigenvalue weighted by molar-refractivity contribution is -0.0570. The number of amides is 3. The quantitative estimate of drug-likeness (QED) is 0.149. The van der Waals surface area contributed by atoms with Crippen LogP contribution in [0.5, 0.6) is 0 Å². The first-order chi connectivity index (χ1) is 11.3. The van der Waals surface area contributed by atoms with Crippen LogP contribution in [0.25, 0.3) is 0 Å². The third-order valence-corrected chi connectivity index (χ3v) is 1.69. The van der Waals surface area contributed by atoms with Gasteiger partial charge < -0.3 is 14.2 Å². The first-order valence-electron chi connectivity index (χ1n) is 6.22. The summed E-state index contributed by atoms with van der Waals surface area (Å²) in [6.07, 6.45) is -4.65. The highest BCUT2D eigenvalue weighted by Crippen LogP contribution is 2.00. The number of nitrogens with two attached hydrogens (primary N) is 10. The highest BCUT2D eigenvalue weighted by atomic mass is 16.6. The Morgan fingerprint density at radius 1 is 0.538 bits per heavy atom. The summed E-state index contributed by atoms with van der Waals surface area (Å²) in [5, 5.41) is 4.92. The molecule has 0 aliphatic rings. The predicted octanol–water partition coefficient (Wildman–Crippen LogP) is -7.80. The average molecular weight is 385 g/mol. The van der Waals surface area contributed by atoms with Crippen LogP contribution in [0.3, 0.4) is 0 Å². The Hall–Kier alpha value is -2.59. The Kier molecular flexibility index (Phi) is 6.98. The Bertz CT molecular complexity index is 458. The van der Waals surface area contributed by atoms with Crippen LogP contribution < -0.4 is 73.3 Å². The van der Waals surface area contributed by atoms with E-state index in [0.29, 0.717) is 0 Å². The van der Waals surface area contributed by atoms with E-state index in [0.717, 1.165) is 0 Å². The molecule has 0 aliphatic carbocycles. The van der Waals surface area contributed by atoms with Gasteiger partial charge in [-0.2, -0.15) is 0 Å². The molecule has 0 rings (SSSR count). The summed E-state index contributed by atoms with van der Waals surface area (Å²) in [5.74, 6) is -10.0. The SMILES string of the molecule is NC(N)(N)NC(=O)OC(N)(NC(=O)OC(N)(N)N)NC(=O)OC(N)(N)N. The van der Waals surface area contributed by atoms with Crippen molar-refractivity contribution < 1.29 is 28.6 Å². The fraction of sp³-hybridized carbons (Fsp3) is 0.571. The maximum Gasteiger partial charge on any atom is 0.416 e. The van der Waals surface area contributed by atoms with E-state index in [-0.39, 0.29) is 0 Å². The van der Waals surface area contributed by atoms with Gasteiger partial charge in [-0.25, -0.2) is 14.4 Å². The van der Waals surface area contributed by atoms with Gasteiger partial charge >= 0.3 is 24.3 Å². The van der Waals surface area contributed by atoms with Crippen molar-refractivity contribution in [3.63, 3.8) is 0 Å². The number of rotatable bonds is 6. The summed E-state index contributed by atoms with van der Waals surface area (Å²) in [5.41, 5.74) is 50.9.